The molecule has 1 aliphatic rings. The lowest BCUT2D eigenvalue weighted by atomic mass is 10.1. The summed E-state index contributed by atoms with van der Waals surface area (Å²) in [6.45, 7) is 4.55. The van der Waals surface area contributed by atoms with Gasteiger partial charge in [-0.1, -0.05) is 35.4 Å². The third kappa shape index (κ3) is 3.04. The number of rotatable bonds is 3. The molecule has 152 valence electrons. The summed E-state index contributed by atoms with van der Waals surface area (Å²) in [5.74, 6) is 0. The molecule has 0 spiro atoms. The van der Waals surface area contributed by atoms with Gasteiger partial charge in [-0.15, -0.1) is 11.3 Å². The van der Waals surface area contributed by atoms with Crippen molar-refractivity contribution in [2.24, 2.45) is 0 Å². The van der Waals surface area contributed by atoms with Gasteiger partial charge in [0.25, 0.3) is 5.56 Å². The molecule has 1 aliphatic carbocycles. The van der Waals surface area contributed by atoms with Gasteiger partial charge in [0.15, 0.2) is 0 Å². The highest BCUT2D eigenvalue weighted by Gasteiger charge is 2.25. The molecule has 0 fully saturated rings. The van der Waals surface area contributed by atoms with Crippen LogP contribution in [0.5, 0.6) is 0 Å². The molecule has 0 saturated carbocycles. The van der Waals surface area contributed by atoms with Crippen LogP contribution in [0.15, 0.2) is 52.1 Å². The molecule has 6 heteroatoms. The third-order valence-electron chi connectivity index (χ3n) is 5.90. The lowest BCUT2D eigenvalue weighted by Crippen LogP contribution is -2.39. The SMILES string of the molecule is Cc1ccc(C)c(Cn2c(=O)n(-c3ccc(Cl)cc3)c(=O)c3c4c(sc32)CCC4)c1. The zero-order valence-corrected chi connectivity index (χ0v) is 18.4. The predicted octanol–water partition coefficient (Wildman–Crippen LogP) is 5.02. The van der Waals surface area contributed by atoms with E-state index in [-0.39, 0.29) is 11.2 Å². The molecule has 0 unspecified atom stereocenters. The van der Waals surface area contributed by atoms with Crippen molar-refractivity contribution >= 4 is 33.2 Å². The monoisotopic (exact) mass is 436 g/mol. The van der Waals surface area contributed by atoms with Gasteiger partial charge in [0.2, 0.25) is 0 Å². The molecule has 4 nitrogen and oxygen atoms in total. The first-order chi connectivity index (χ1) is 14.4. The predicted molar refractivity (Wildman–Crippen MR) is 124 cm³/mol. The standard InChI is InChI=1S/C24H21ClN2O2S/c1-14-6-7-15(2)16(12-14)13-26-23-21(19-4-3-5-20(19)30-23)22(28)27(24(26)29)18-10-8-17(25)9-11-18/h6-12H,3-5,13H2,1-2H3. The van der Waals surface area contributed by atoms with Crippen molar-refractivity contribution in [3.05, 3.63) is 95.5 Å². The Bertz CT molecular complexity index is 1410. The van der Waals surface area contributed by atoms with Crippen molar-refractivity contribution in [2.75, 3.05) is 0 Å². The second kappa shape index (κ2) is 7.25. The Morgan fingerprint density at radius 1 is 1.03 bits per heavy atom. The second-order valence-corrected chi connectivity index (χ2v) is 9.47. The fraction of sp³-hybridized carbons (Fsp3) is 0.250. The summed E-state index contributed by atoms with van der Waals surface area (Å²) in [6.07, 6.45) is 2.94. The van der Waals surface area contributed by atoms with E-state index in [2.05, 4.69) is 32.0 Å². The number of hydrogen-bond donors (Lipinski definition) is 0. The number of benzene rings is 2. The zero-order valence-electron chi connectivity index (χ0n) is 16.9. The lowest BCUT2D eigenvalue weighted by molar-refractivity contribution is 0.715. The molecule has 0 aliphatic heterocycles. The first-order valence-corrected chi connectivity index (χ1v) is 11.3. The topological polar surface area (TPSA) is 44.0 Å². The van der Waals surface area contributed by atoms with E-state index in [1.165, 1.54) is 9.44 Å². The van der Waals surface area contributed by atoms with Gasteiger partial charge >= 0.3 is 5.69 Å². The number of aryl methyl sites for hydroxylation is 4. The van der Waals surface area contributed by atoms with E-state index in [1.807, 2.05) is 0 Å². The first kappa shape index (κ1) is 19.3. The Hall–Kier alpha value is -2.63. The Morgan fingerprint density at radius 2 is 1.80 bits per heavy atom. The number of hydrogen-bond acceptors (Lipinski definition) is 3. The highest BCUT2D eigenvalue weighted by atomic mass is 35.5. The van der Waals surface area contributed by atoms with Gasteiger partial charge in [0, 0.05) is 9.90 Å². The van der Waals surface area contributed by atoms with Crippen LogP contribution >= 0.6 is 22.9 Å². The van der Waals surface area contributed by atoms with E-state index in [0.717, 1.165) is 46.3 Å². The number of nitrogens with zero attached hydrogens (tertiary/aromatic N) is 2. The Labute approximate surface area is 183 Å². The smallest absolute Gasteiger partial charge is 0.279 e. The van der Waals surface area contributed by atoms with E-state index in [1.54, 1.807) is 40.2 Å². The van der Waals surface area contributed by atoms with Crippen LogP contribution < -0.4 is 11.2 Å². The molecular weight excluding hydrogens is 416 g/mol. The molecule has 0 atom stereocenters. The van der Waals surface area contributed by atoms with Crippen LogP contribution in [-0.2, 0) is 19.4 Å². The van der Waals surface area contributed by atoms with Gasteiger partial charge < -0.3 is 0 Å². The number of halogens is 1. The molecule has 30 heavy (non-hydrogen) atoms. The number of thiophene rings is 1. The molecule has 0 saturated heterocycles. The summed E-state index contributed by atoms with van der Waals surface area (Å²) in [6, 6.07) is 13.1. The van der Waals surface area contributed by atoms with E-state index < -0.39 is 0 Å². The molecule has 2 aromatic heterocycles. The highest BCUT2D eigenvalue weighted by molar-refractivity contribution is 7.18. The summed E-state index contributed by atoms with van der Waals surface area (Å²) >= 11 is 7.64. The Kier molecular flexibility index (Phi) is 4.68. The molecule has 0 radical (unpaired) electrons. The van der Waals surface area contributed by atoms with Crippen molar-refractivity contribution in [3.63, 3.8) is 0 Å². The fourth-order valence-electron chi connectivity index (χ4n) is 4.30. The number of fused-ring (bicyclic) bond motifs is 3. The van der Waals surface area contributed by atoms with E-state index in [4.69, 9.17) is 11.6 Å². The Balaban J connectivity index is 1.83. The van der Waals surface area contributed by atoms with Gasteiger partial charge in [-0.3, -0.25) is 9.36 Å². The second-order valence-electron chi connectivity index (χ2n) is 7.95. The third-order valence-corrected chi connectivity index (χ3v) is 7.47. The molecule has 0 bridgehead atoms. The van der Waals surface area contributed by atoms with Crippen LogP contribution in [0.3, 0.4) is 0 Å². The van der Waals surface area contributed by atoms with Gasteiger partial charge in [0.1, 0.15) is 4.83 Å². The normalized spacial score (nSPS) is 13.2. The zero-order chi connectivity index (χ0) is 21.0. The van der Waals surface area contributed by atoms with Gasteiger partial charge in [-0.2, -0.15) is 0 Å². The average Bonchev–Trinajstić information content (AvgIpc) is 3.30. The van der Waals surface area contributed by atoms with Crippen molar-refractivity contribution in [3.8, 4) is 5.69 Å². The van der Waals surface area contributed by atoms with Crippen LogP contribution in [0.1, 0.15) is 33.6 Å². The van der Waals surface area contributed by atoms with E-state index >= 15 is 0 Å². The summed E-state index contributed by atoms with van der Waals surface area (Å²) < 4.78 is 3.07. The van der Waals surface area contributed by atoms with Crippen molar-refractivity contribution < 1.29 is 0 Å². The van der Waals surface area contributed by atoms with Gasteiger partial charge in [0.05, 0.1) is 17.6 Å². The van der Waals surface area contributed by atoms with Crippen molar-refractivity contribution in [2.45, 2.75) is 39.7 Å². The maximum atomic E-state index is 13.6. The molecule has 0 amide bonds. The van der Waals surface area contributed by atoms with Crippen LogP contribution in [0, 0.1) is 13.8 Å². The maximum absolute atomic E-state index is 13.6. The van der Waals surface area contributed by atoms with Crippen molar-refractivity contribution in [1.29, 1.82) is 0 Å². The summed E-state index contributed by atoms with van der Waals surface area (Å²) in [7, 11) is 0. The van der Waals surface area contributed by atoms with Gasteiger partial charge in [-0.05, 0) is 74.1 Å². The average molecular weight is 437 g/mol. The quantitative estimate of drug-likeness (QED) is 0.452. The van der Waals surface area contributed by atoms with Crippen LogP contribution in [0.25, 0.3) is 15.9 Å². The van der Waals surface area contributed by atoms with Crippen LogP contribution in [-0.4, -0.2) is 9.13 Å². The minimum absolute atomic E-state index is 0.228. The molecule has 4 aromatic rings. The summed E-state index contributed by atoms with van der Waals surface area (Å²) in [5.41, 5.74) is 4.51. The van der Waals surface area contributed by atoms with Crippen LogP contribution in [0.4, 0.5) is 0 Å². The molecule has 2 heterocycles. The largest absolute Gasteiger partial charge is 0.337 e. The minimum Gasteiger partial charge on any atom is -0.279 e. The lowest BCUT2D eigenvalue weighted by Gasteiger charge is -2.14. The van der Waals surface area contributed by atoms with Crippen molar-refractivity contribution in [1.82, 2.24) is 9.13 Å². The van der Waals surface area contributed by atoms with Crippen LogP contribution in [0.2, 0.25) is 5.02 Å². The Morgan fingerprint density at radius 3 is 2.57 bits per heavy atom. The van der Waals surface area contributed by atoms with E-state index in [9.17, 15) is 9.59 Å². The molecule has 0 N–H and O–H groups in total. The highest BCUT2D eigenvalue weighted by Crippen LogP contribution is 2.35. The fourth-order valence-corrected chi connectivity index (χ4v) is 5.80. The molecule has 2 aromatic carbocycles. The van der Waals surface area contributed by atoms with E-state index in [0.29, 0.717) is 22.6 Å². The molecular formula is C24H21ClN2O2S. The minimum atomic E-state index is -0.310. The first-order valence-electron chi connectivity index (χ1n) is 10.1. The summed E-state index contributed by atoms with van der Waals surface area (Å²) in [5, 5.41) is 1.27. The molecule has 5 rings (SSSR count). The van der Waals surface area contributed by atoms with Gasteiger partial charge in [-0.25, -0.2) is 9.36 Å². The summed E-state index contributed by atoms with van der Waals surface area (Å²) in [4.78, 5) is 29.2. The number of aromatic nitrogens is 2. The maximum Gasteiger partial charge on any atom is 0.337 e.